The topological polar surface area (TPSA) is 61.9 Å². The summed E-state index contributed by atoms with van der Waals surface area (Å²) in [6, 6.07) is 0. The molecule has 17 heavy (non-hydrogen) atoms. The standard InChI is InChI=1S/C12H18N4O/c1-16(6-11-13-7-14-15-11)12(17)10-5-8-2-3-9(10)4-8/h7-10H,2-6H2,1H3,(H,13,14,15). The Hall–Kier alpha value is -1.39. The first-order chi connectivity index (χ1) is 8.24. The Balaban J connectivity index is 1.62. The third-order valence-corrected chi connectivity index (χ3v) is 4.28. The lowest BCUT2D eigenvalue weighted by Crippen LogP contribution is -2.35. The number of rotatable bonds is 3. The van der Waals surface area contributed by atoms with Gasteiger partial charge >= 0.3 is 0 Å². The van der Waals surface area contributed by atoms with Gasteiger partial charge in [0.2, 0.25) is 5.91 Å². The monoisotopic (exact) mass is 234 g/mol. The predicted octanol–water partition coefficient (Wildman–Crippen LogP) is 1.20. The van der Waals surface area contributed by atoms with Gasteiger partial charge < -0.3 is 4.90 Å². The minimum Gasteiger partial charge on any atom is -0.338 e. The van der Waals surface area contributed by atoms with Crippen molar-refractivity contribution in [1.82, 2.24) is 20.1 Å². The van der Waals surface area contributed by atoms with Gasteiger partial charge in [0.1, 0.15) is 12.2 Å². The normalized spacial score (nSPS) is 30.8. The highest BCUT2D eigenvalue weighted by Crippen LogP contribution is 2.48. The molecule has 1 N–H and O–H groups in total. The molecule has 2 aliphatic rings. The van der Waals surface area contributed by atoms with Gasteiger partial charge in [-0.05, 0) is 31.1 Å². The van der Waals surface area contributed by atoms with Gasteiger partial charge in [-0.25, -0.2) is 4.98 Å². The van der Waals surface area contributed by atoms with Crippen LogP contribution in [0.2, 0.25) is 0 Å². The van der Waals surface area contributed by atoms with E-state index in [-0.39, 0.29) is 11.8 Å². The average molecular weight is 234 g/mol. The lowest BCUT2D eigenvalue weighted by Gasteiger charge is -2.25. The first-order valence-electron chi connectivity index (χ1n) is 6.33. The highest BCUT2D eigenvalue weighted by atomic mass is 16.2. The van der Waals surface area contributed by atoms with Gasteiger partial charge in [0, 0.05) is 13.0 Å². The van der Waals surface area contributed by atoms with E-state index in [1.165, 1.54) is 25.6 Å². The first kappa shape index (κ1) is 10.7. The number of hydrogen-bond donors (Lipinski definition) is 1. The third-order valence-electron chi connectivity index (χ3n) is 4.28. The fourth-order valence-electron chi connectivity index (χ4n) is 3.44. The van der Waals surface area contributed by atoms with Crippen LogP contribution in [-0.4, -0.2) is 33.0 Å². The average Bonchev–Trinajstić information content (AvgIpc) is 3.04. The maximum atomic E-state index is 12.3. The van der Waals surface area contributed by atoms with Crippen molar-refractivity contribution in [3.63, 3.8) is 0 Å². The van der Waals surface area contributed by atoms with Crippen LogP contribution >= 0.6 is 0 Å². The number of carbonyl (C=O) groups is 1. The molecule has 1 aromatic heterocycles. The van der Waals surface area contributed by atoms with Gasteiger partial charge in [-0.3, -0.25) is 9.89 Å². The number of hydrogen-bond acceptors (Lipinski definition) is 3. The van der Waals surface area contributed by atoms with Crippen LogP contribution in [0.5, 0.6) is 0 Å². The van der Waals surface area contributed by atoms with E-state index in [9.17, 15) is 4.79 Å². The molecular weight excluding hydrogens is 216 g/mol. The Morgan fingerprint density at radius 2 is 2.41 bits per heavy atom. The summed E-state index contributed by atoms with van der Waals surface area (Å²) in [7, 11) is 1.86. The zero-order valence-corrected chi connectivity index (χ0v) is 10.1. The molecule has 0 radical (unpaired) electrons. The Labute approximate surface area is 101 Å². The van der Waals surface area contributed by atoms with E-state index in [1.54, 1.807) is 4.90 Å². The van der Waals surface area contributed by atoms with Crippen LogP contribution in [0.15, 0.2) is 6.33 Å². The van der Waals surface area contributed by atoms with Crippen LogP contribution in [-0.2, 0) is 11.3 Å². The Morgan fingerprint density at radius 1 is 1.53 bits per heavy atom. The second-order valence-electron chi connectivity index (χ2n) is 5.41. The summed E-state index contributed by atoms with van der Waals surface area (Å²) in [6.45, 7) is 0.534. The Bertz CT molecular complexity index is 403. The summed E-state index contributed by atoms with van der Waals surface area (Å²) in [5.74, 6) is 2.76. The lowest BCUT2D eigenvalue weighted by molar-refractivity contribution is -0.136. The summed E-state index contributed by atoms with van der Waals surface area (Å²) in [4.78, 5) is 18.2. The largest absolute Gasteiger partial charge is 0.338 e. The van der Waals surface area contributed by atoms with Gasteiger partial charge in [0.25, 0.3) is 0 Å². The summed E-state index contributed by atoms with van der Waals surface area (Å²) in [5, 5.41) is 6.59. The number of fused-ring (bicyclic) bond motifs is 2. The smallest absolute Gasteiger partial charge is 0.226 e. The molecule has 0 aromatic carbocycles. The molecule has 2 aliphatic carbocycles. The van der Waals surface area contributed by atoms with Crippen LogP contribution in [0.25, 0.3) is 0 Å². The number of carbonyl (C=O) groups excluding carboxylic acids is 1. The molecule has 0 aliphatic heterocycles. The van der Waals surface area contributed by atoms with Crippen molar-refractivity contribution in [3.8, 4) is 0 Å². The molecule has 2 fully saturated rings. The molecule has 1 amide bonds. The summed E-state index contributed by atoms with van der Waals surface area (Å²) in [5.41, 5.74) is 0. The highest BCUT2D eigenvalue weighted by Gasteiger charge is 2.43. The van der Waals surface area contributed by atoms with Gasteiger partial charge in [-0.1, -0.05) is 6.42 Å². The van der Waals surface area contributed by atoms with Crippen molar-refractivity contribution < 1.29 is 4.79 Å². The van der Waals surface area contributed by atoms with Gasteiger partial charge in [-0.15, -0.1) is 0 Å². The summed E-state index contributed by atoms with van der Waals surface area (Å²) >= 11 is 0. The van der Waals surface area contributed by atoms with E-state index >= 15 is 0 Å². The fourth-order valence-corrected chi connectivity index (χ4v) is 3.44. The van der Waals surface area contributed by atoms with Crippen LogP contribution in [0.3, 0.4) is 0 Å². The van der Waals surface area contributed by atoms with E-state index in [0.29, 0.717) is 12.5 Å². The molecule has 2 saturated carbocycles. The van der Waals surface area contributed by atoms with Crippen molar-refractivity contribution in [2.45, 2.75) is 32.2 Å². The molecule has 0 saturated heterocycles. The minimum atomic E-state index is 0.265. The van der Waals surface area contributed by atoms with E-state index in [1.807, 2.05) is 7.05 Å². The number of nitrogens with one attached hydrogen (secondary N) is 1. The van der Waals surface area contributed by atoms with Crippen LogP contribution in [0.1, 0.15) is 31.5 Å². The molecule has 2 bridgehead atoms. The van der Waals surface area contributed by atoms with Crippen molar-refractivity contribution in [1.29, 1.82) is 0 Å². The maximum absolute atomic E-state index is 12.3. The number of aromatic amines is 1. The molecule has 3 atom stereocenters. The number of H-pyrrole nitrogens is 1. The van der Waals surface area contributed by atoms with E-state index in [0.717, 1.165) is 18.2 Å². The Kier molecular flexibility index (Phi) is 2.61. The molecular formula is C12H18N4O. The molecule has 5 nitrogen and oxygen atoms in total. The number of aromatic nitrogens is 3. The van der Waals surface area contributed by atoms with Crippen molar-refractivity contribution in [3.05, 3.63) is 12.2 Å². The molecule has 3 rings (SSSR count). The SMILES string of the molecule is CN(Cc1ncn[nH]1)C(=O)C1CC2CCC1C2. The molecule has 92 valence electrons. The summed E-state index contributed by atoms with van der Waals surface area (Å²) in [6.07, 6.45) is 6.43. The van der Waals surface area contributed by atoms with Crippen LogP contribution < -0.4 is 0 Å². The van der Waals surface area contributed by atoms with Crippen molar-refractivity contribution in [2.75, 3.05) is 7.05 Å². The second kappa shape index (κ2) is 4.13. The van der Waals surface area contributed by atoms with Gasteiger partial charge in [0.15, 0.2) is 0 Å². The highest BCUT2D eigenvalue weighted by molar-refractivity contribution is 5.79. The van der Waals surface area contributed by atoms with E-state index < -0.39 is 0 Å². The fraction of sp³-hybridized carbons (Fsp3) is 0.750. The second-order valence-corrected chi connectivity index (χ2v) is 5.41. The quantitative estimate of drug-likeness (QED) is 0.854. The van der Waals surface area contributed by atoms with Gasteiger partial charge in [0.05, 0.1) is 6.54 Å². The summed E-state index contributed by atoms with van der Waals surface area (Å²) < 4.78 is 0. The van der Waals surface area contributed by atoms with E-state index in [2.05, 4.69) is 15.2 Å². The molecule has 1 aromatic rings. The van der Waals surface area contributed by atoms with Gasteiger partial charge in [-0.2, -0.15) is 5.10 Å². The Morgan fingerprint density at radius 3 is 3.00 bits per heavy atom. The lowest BCUT2D eigenvalue weighted by atomic mass is 9.88. The van der Waals surface area contributed by atoms with Crippen LogP contribution in [0, 0.1) is 17.8 Å². The number of amides is 1. The zero-order chi connectivity index (χ0) is 11.8. The predicted molar refractivity (Wildman–Crippen MR) is 61.8 cm³/mol. The van der Waals surface area contributed by atoms with Crippen molar-refractivity contribution >= 4 is 5.91 Å². The van der Waals surface area contributed by atoms with E-state index in [4.69, 9.17) is 0 Å². The minimum absolute atomic E-state index is 0.265. The molecule has 0 spiro atoms. The number of nitrogens with zero attached hydrogens (tertiary/aromatic N) is 3. The first-order valence-corrected chi connectivity index (χ1v) is 6.33. The molecule has 1 heterocycles. The van der Waals surface area contributed by atoms with Crippen molar-refractivity contribution in [2.24, 2.45) is 17.8 Å². The molecule has 3 unspecified atom stereocenters. The van der Waals surface area contributed by atoms with Crippen LogP contribution in [0.4, 0.5) is 0 Å². The third kappa shape index (κ3) is 1.94. The zero-order valence-electron chi connectivity index (χ0n) is 10.1. The molecule has 5 heteroatoms. The maximum Gasteiger partial charge on any atom is 0.226 e.